The quantitative estimate of drug-likeness (QED) is 0.827. The molecular weight excluding hydrogens is 308 g/mol. The Morgan fingerprint density at radius 1 is 1.39 bits per heavy atom. The smallest absolute Gasteiger partial charge is 0.272 e. The largest absolute Gasteiger partial charge is 0.347 e. The summed E-state index contributed by atoms with van der Waals surface area (Å²) in [6.07, 6.45) is 6.21. The lowest BCUT2D eigenvalue weighted by Gasteiger charge is -2.22. The number of benzene rings is 1. The Balaban J connectivity index is 1.56. The van der Waals surface area contributed by atoms with Crippen molar-refractivity contribution in [1.82, 2.24) is 20.4 Å². The van der Waals surface area contributed by atoms with Crippen LogP contribution < -0.4 is 10.6 Å². The molecule has 0 aliphatic carbocycles. The fraction of sp³-hybridized carbons (Fsp3) is 0.412. The molecule has 2 aromatic rings. The molecule has 23 heavy (non-hydrogen) atoms. The van der Waals surface area contributed by atoms with E-state index in [0.29, 0.717) is 18.3 Å². The van der Waals surface area contributed by atoms with Gasteiger partial charge in [0.05, 0.1) is 6.04 Å². The van der Waals surface area contributed by atoms with Gasteiger partial charge in [-0.25, -0.2) is 0 Å². The first-order chi connectivity index (χ1) is 11.3. The second kappa shape index (κ2) is 7.66. The molecule has 0 saturated carbocycles. The normalized spacial score (nSPS) is 17.9. The highest BCUT2D eigenvalue weighted by Crippen LogP contribution is 2.16. The van der Waals surface area contributed by atoms with Gasteiger partial charge in [0.2, 0.25) is 0 Å². The SMILES string of the molecule is CSc1ccc(CNC(=O)c2ccn(C3CCCNC3)n2)cc1. The third-order valence-electron chi connectivity index (χ3n) is 4.10. The van der Waals surface area contributed by atoms with Crippen molar-refractivity contribution in [2.24, 2.45) is 0 Å². The second-order valence-electron chi connectivity index (χ2n) is 5.71. The van der Waals surface area contributed by atoms with E-state index in [-0.39, 0.29) is 5.91 Å². The number of hydrogen-bond donors (Lipinski definition) is 2. The zero-order valence-electron chi connectivity index (χ0n) is 13.3. The second-order valence-corrected chi connectivity index (χ2v) is 6.59. The van der Waals surface area contributed by atoms with Crippen LogP contribution in [-0.2, 0) is 6.54 Å². The van der Waals surface area contributed by atoms with E-state index in [0.717, 1.165) is 31.5 Å². The number of hydrogen-bond acceptors (Lipinski definition) is 4. The molecule has 2 N–H and O–H groups in total. The maximum absolute atomic E-state index is 12.2. The van der Waals surface area contributed by atoms with E-state index in [1.807, 2.05) is 23.0 Å². The van der Waals surface area contributed by atoms with E-state index in [1.165, 1.54) is 4.90 Å². The van der Waals surface area contributed by atoms with E-state index < -0.39 is 0 Å². The number of carbonyl (C=O) groups is 1. The Labute approximate surface area is 140 Å². The van der Waals surface area contributed by atoms with Gasteiger partial charge in [0, 0.05) is 24.2 Å². The molecule has 0 radical (unpaired) electrons. The Morgan fingerprint density at radius 3 is 2.91 bits per heavy atom. The Hall–Kier alpha value is -1.79. The Bertz CT molecular complexity index is 647. The zero-order chi connectivity index (χ0) is 16.1. The number of rotatable bonds is 5. The first-order valence-electron chi connectivity index (χ1n) is 7.93. The summed E-state index contributed by atoms with van der Waals surface area (Å²) < 4.78 is 1.91. The first-order valence-corrected chi connectivity index (χ1v) is 9.16. The first kappa shape index (κ1) is 16.1. The van der Waals surface area contributed by atoms with Crippen molar-refractivity contribution in [3.05, 3.63) is 47.8 Å². The number of carbonyl (C=O) groups excluding carboxylic acids is 1. The molecule has 1 fully saturated rings. The van der Waals surface area contributed by atoms with Gasteiger partial charge in [0.1, 0.15) is 5.69 Å². The summed E-state index contributed by atoms with van der Waals surface area (Å²) in [6.45, 7) is 2.51. The Kier molecular flexibility index (Phi) is 5.35. The van der Waals surface area contributed by atoms with E-state index in [1.54, 1.807) is 17.8 Å². The van der Waals surface area contributed by atoms with Gasteiger partial charge in [0.25, 0.3) is 5.91 Å². The molecule has 1 aromatic carbocycles. The molecule has 1 saturated heterocycles. The minimum atomic E-state index is -0.124. The fourth-order valence-corrected chi connectivity index (χ4v) is 3.15. The van der Waals surface area contributed by atoms with Crippen LogP contribution in [0.3, 0.4) is 0 Å². The van der Waals surface area contributed by atoms with E-state index in [2.05, 4.69) is 34.1 Å². The van der Waals surface area contributed by atoms with Gasteiger partial charge < -0.3 is 10.6 Å². The van der Waals surface area contributed by atoms with Gasteiger partial charge >= 0.3 is 0 Å². The predicted molar refractivity (Wildman–Crippen MR) is 92.8 cm³/mol. The standard InChI is InChI=1S/C17H22N4OS/c1-23-15-6-4-13(5-7-15)11-19-17(22)16-8-10-21(20-16)14-3-2-9-18-12-14/h4-8,10,14,18H,2-3,9,11-12H2,1H3,(H,19,22). The molecule has 6 heteroatoms. The molecule has 0 spiro atoms. The highest BCUT2D eigenvalue weighted by molar-refractivity contribution is 7.98. The van der Waals surface area contributed by atoms with Crippen molar-refractivity contribution in [2.75, 3.05) is 19.3 Å². The molecule has 1 aliphatic rings. The summed E-state index contributed by atoms with van der Waals surface area (Å²) in [6, 6.07) is 10.4. The van der Waals surface area contributed by atoms with Crippen LogP contribution in [0.5, 0.6) is 0 Å². The summed E-state index contributed by atoms with van der Waals surface area (Å²) in [5, 5.41) is 10.7. The molecule has 1 aromatic heterocycles. The molecule has 1 unspecified atom stereocenters. The number of nitrogens with one attached hydrogen (secondary N) is 2. The highest BCUT2D eigenvalue weighted by atomic mass is 32.2. The molecule has 3 rings (SSSR count). The Morgan fingerprint density at radius 2 is 2.22 bits per heavy atom. The number of thioether (sulfide) groups is 1. The maximum atomic E-state index is 12.2. The topological polar surface area (TPSA) is 59.0 Å². The van der Waals surface area contributed by atoms with Crippen molar-refractivity contribution >= 4 is 17.7 Å². The lowest BCUT2D eigenvalue weighted by molar-refractivity contribution is 0.0944. The van der Waals surface area contributed by atoms with Crippen LogP contribution in [0.1, 0.15) is 34.9 Å². The molecule has 1 amide bonds. The van der Waals surface area contributed by atoms with Crippen LogP contribution in [0.15, 0.2) is 41.4 Å². The van der Waals surface area contributed by atoms with E-state index in [9.17, 15) is 4.79 Å². The highest BCUT2D eigenvalue weighted by Gasteiger charge is 2.17. The number of nitrogens with zero attached hydrogens (tertiary/aromatic N) is 2. The summed E-state index contributed by atoms with van der Waals surface area (Å²) in [7, 11) is 0. The van der Waals surface area contributed by atoms with Crippen LogP contribution in [-0.4, -0.2) is 35.0 Å². The summed E-state index contributed by atoms with van der Waals surface area (Å²) in [5.74, 6) is -0.124. The van der Waals surface area contributed by atoms with Crippen molar-refractivity contribution < 1.29 is 4.79 Å². The predicted octanol–water partition coefficient (Wildman–Crippen LogP) is 2.46. The number of amides is 1. The van der Waals surface area contributed by atoms with Crippen molar-refractivity contribution in [1.29, 1.82) is 0 Å². The molecule has 1 atom stereocenters. The van der Waals surface area contributed by atoms with Crippen LogP contribution in [0.2, 0.25) is 0 Å². The van der Waals surface area contributed by atoms with Crippen LogP contribution in [0, 0.1) is 0 Å². The van der Waals surface area contributed by atoms with Crippen LogP contribution in [0.4, 0.5) is 0 Å². The molecular formula is C17H22N4OS. The van der Waals surface area contributed by atoms with Gasteiger partial charge in [-0.3, -0.25) is 9.48 Å². The number of piperidine rings is 1. The average molecular weight is 330 g/mol. The number of aromatic nitrogens is 2. The van der Waals surface area contributed by atoms with Crippen molar-refractivity contribution in [3.8, 4) is 0 Å². The van der Waals surface area contributed by atoms with Gasteiger partial charge in [-0.2, -0.15) is 5.10 Å². The monoisotopic (exact) mass is 330 g/mol. The molecule has 2 heterocycles. The zero-order valence-corrected chi connectivity index (χ0v) is 14.1. The fourth-order valence-electron chi connectivity index (χ4n) is 2.74. The summed E-state index contributed by atoms with van der Waals surface area (Å²) in [4.78, 5) is 13.5. The van der Waals surface area contributed by atoms with Crippen LogP contribution >= 0.6 is 11.8 Å². The van der Waals surface area contributed by atoms with Crippen LogP contribution in [0.25, 0.3) is 0 Å². The minimum absolute atomic E-state index is 0.124. The van der Waals surface area contributed by atoms with E-state index >= 15 is 0 Å². The minimum Gasteiger partial charge on any atom is -0.347 e. The third kappa shape index (κ3) is 4.14. The summed E-state index contributed by atoms with van der Waals surface area (Å²) in [5.41, 5.74) is 1.57. The lowest BCUT2D eigenvalue weighted by Crippen LogP contribution is -2.32. The summed E-state index contributed by atoms with van der Waals surface area (Å²) >= 11 is 1.71. The molecule has 122 valence electrons. The van der Waals surface area contributed by atoms with Crippen molar-refractivity contribution in [3.63, 3.8) is 0 Å². The van der Waals surface area contributed by atoms with Gasteiger partial charge in [-0.1, -0.05) is 12.1 Å². The maximum Gasteiger partial charge on any atom is 0.272 e. The molecule has 1 aliphatic heterocycles. The van der Waals surface area contributed by atoms with Gasteiger partial charge in [-0.05, 0) is 49.4 Å². The molecule has 0 bridgehead atoms. The van der Waals surface area contributed by atoms with E-state index in [4.69, 9.17) is 0 Å². The van der Waals surface area contributed by atoms with Crippen molar-refractivity contribution in [2.45, 2.75) is 30.3 Å². The lowest BCUT2D eigenvalue weighted by atomic mass is 10.1. The van der Waals surface area contributed by atoms with Gasteiger partial charge in [0.15, 0.2) is 0 Å². The third-order valence-corrected chi connectivity index (χ3v) is 4.84. The average Bonchev–Trinajstić information content (AvgIpc) is 3.11. The molecule has 5 nitrogen and oxygen atoms in total. The van der Waals surface area contributed by atoms with Gasteiger partial charge in [-0.15, -0.1) is 11.8 Å².